The van der Waals surface area contributed by atoms with Crippen LogP contribution < -0.4 is 4.74 Å². The Morgan fingerprint density at radius 1 is 1.32 bits per heavy atom. The van der Waals surface area contributed by atoms with Crippen LogP contribution in [0.4, 0.5) is 0 Å². The van der Waals surface area contributed by atoms with Crippen molar-refractivity contribution in [3.05, 3.63) is 58.7 Å². The van der Waals surface area contributed by atoms with Gasteiger partial charge in [-0.15, -0.1) is 11.8 Å². The van der Waals surface area contributed by atoms with E-state index in [1.807, 2.05) is 29.2 Å². The van der Waals surface area contributed by atoms with Crippen molar-refractivity contribution in [2.45, 2.75) is 5.37 Å². The van der Waals surface area contributed by atoms with Crippen molar-refractivity contribution in [2.75, 3.05) is 19.4 Å². The topological polar surface area (TPSA) is 42.4 Å². The van der Waals surface area contributed by atoms with E-state index in [1.165, 1.54) is 0 Å². The normalized spacial score (nSPS) is 17.5. The van der Waals surface area contributed by atoms with Gasteiger partial charge in [0, 0.05) is 29.6 Å². The van der Waals surface area contributed by atoms with Crippen LogP contribution in [0.3, 0.4) is 0 Å². The molecule has 6 heteroatoms. The molecule has 1 aromatic carbocycles. The van der Waals surface area contributed by atoms with E-state index in [0.29, 0.717) is 16.5 Å². The lowest BCUT2D eigenvalue weighted by Crippen LogP contribution is -2.30. The molecule has 0 saturated carbocycles. The van der Waals surface area contributed by atoms with Gasteiger partial charge < -0.3 is 9.64 Å². The van der Waals surface area contributed by atoms with Gasteiger partial charge >= 0.3 is 0 Å². The molecule has 2 heterocycles. The summed E-state index contributed by atoms with van der Waals surface area (Å²) < 4.78 is 5.02. The van der Waals surface area contributed by atoms with Crippen molar-refractivity contribution < 1.29 is 9.53 Å². The Balaban J connectivity index is 1.82. The van der Waals surface area contributed by atoms with E-state index in [2.05, 4.69) is 4.98 Å². The first kappa shape index (κ1) is 15.2. The van der Waals surface area contributed by atoms with Gasteiger partial charge in [0.05, 0.1) is 12.7 Å². The maximum absolute atomic E-state index is 12.7. The van der Waals surface area contributed by atoms with Gasteiger partial charge in [-0.3, -0.25) is 4.79 Å². The number of nitrogens with zero attached hydrogens (tertiary/aromatic N) is 2. The van der Waals surface area contributed by atoms with Crippen molar-refractivity contribution in [3.63, 3.8) is 0 Å². The third-order valence-corrected chi connectivity index (χ3v) is 5.01. The Morgan fingerprint density at radius 2 is 2.09 bits per heavy atom. The highest BCUT2D eigenvalue weighted by Gasteiger charge is 2.31. The first-order chi connectivity index (χ1) is 10.7. The maximum atomic E-state index is 12.7. The smallest absolute Gasteiger partial charge is 0.256 e. The summed E-state index contributed by atoms with van der Waals surface area (Å²) in [6.45, 7) is 0.725. The Labute approximate surface area is 138 Å². The standard InChI is InChI=1S/C16H15ClN2O2S/c1-21-14-7-4-12(10-18-14)15(20)19-8-9-22-16(19)11-2-5-13(17)6-3-11/h2-7,10,16H,8-9H2,1H3. The zero-order chi connectivity index (χ0) is 15.5. The molecule has 4 nitrogen and oxygen atoms in total. The molecule has 1 saturated heterocycles. The highest BCUT2D eigenvalue weighted by atomic mass is 35.5. The van der Waals surface area contributed by atoms with Crippen molar-refractivity contribution in [3.8, 4) is 5.88 Å². The molecule has 1 amide bonds. The fourth-order valence-electron chi connectivity index (χ4n) is 2.37. The lowest BCUT2D eigenvalue weighted by atomic mass is 10.2. The number of benzene rings is 1. The van der Waals surface area contributed by atoms with Crippen LogP contribution in [0.25, 0.3) is 0 Å². The minimum atomic E-state index is -0.0138. The molecular weight excluding hydrogens is 320 g/mol. The van der Waals surface area contributed by atoms with Crippen LogP contribution in [0.2, 0.25) is 5.02 Å². The summed E-state index contributed by atoms with van der Waals surface area (Å²) in [5.41, 5.74) is 1.66. The summed E-state index contributed by atoms with van der Waals surface area (Å²) in [6.07, 6.45) is 1.56. The monoisotopic (exact) mass is 334 g/mol. The van der Waals surface area contributed by atoms with Gasteiger partial charge in [0.1, 0.15) is 5.37 Å². The molecular formula is C16H15ClN2O2S. The van der Waals surface area contributed by atoms with Crippen molar-refractivity contribution >= 4 is 29.3 Å². The number of halogens is 1. The molecule has 1 aliphatic rings. The Morgan fingerprint density at radius 3 is 2.73 bits per heavy atom. The molecule has 114 valence electrons. The van der Waals surface area contributed by atoms with Crippen LogP contribution in [0.1, 0.15) is 21.3 Å². The summed E-state index contributed by atoms with van der Waals surface area (Å²) in [5.74, 6) is 1.41. The van der Waals surface area contributed by atoms with Crippen LogP contribution in [0, 0.1) is 0 Å². The molecule has 1 fully saturated rings. The summed E-state index contributed by atoms with van der Waals surface area (Å²) in [6, 6.07) is 11.1. The summed E-state index contributed by atoms with van der Waals surface area (Å²) >= 11 is 7.69. The number of thioether (sulfide) groups is 1. The number of hydrogen-bond donors (Lipinski definition) is 0. The van der Waals surface area contributed by atoms with Gasteiger partial charge in [-0.25, -0.2) is 4.98 Å². The predicted molar refractivity (Wildman–Crippen MR) is 88.5 cm³/mol. The third-order valence-electron chi connectivity index (χ3n) is 3.50. The number of amides is 1. The van der Waals surface area contributed by atoms with Gasteiger partial charge in [-0.05, 0) is 23.8 Å². The van der Waals surface area contributed by atoms with Gasteiger partial charge in [0.25, 0.3) is 5.91 Å². The predicted octanol–water partition coefficient (Wildman–Crippen LogP) is 3.63. The number of carbonyl (C=O) groups is 1. The second kappa shape index (κ2) is 6.58. The number of aromatic nitrogens is 1. The van der Waals surface area contributed by atoms with Crippen LogP contribution in [0.5, 0.6) is 5.88 Å². The summed E-state index contributed by atoms with van der Waals surface area (Å²) in [7, 11) is 1.55. The number of ether oxygens (including phenoxy) is 1. The first-order valence-electron chi connectivity index (χ1n) is 6.87. The molecule has 2 aromatic rings. The molecule has 0 aliphatic carbocycles. The second-order valence-electron chi connectivity index (χ2n) is 4.86. The molecule has 22 heavy (non-hydrogen) atoms. The number of methoxy groups -OCH3 is 1. The van der Waals surface area contributed by atoms with Gasteiger partial charge in [-0.1, -0.05) is 23.7 Å². The van der Waals surface area contributed by atoms with E-state index < -0.39 is 0 Å². The average molecular weight is 335 g/mol. The molecule has 1 unspecified atom stereocenters. The van der Waals surface area contributed by atoms with Crippen LogP contribution in [-0.2, 0) is 0 Å². The van der Waals surface area contributed by atoms with E-state index >= 15 is 0 Å². The molecule has 0 radical (unpaired) electrons. The Kier molecular flexibility index (Phi) is 4.55. The maximum Gasteiger partial charge on any atom is 0.256 e. The fraction of sp³-hybridized carbons (Fsp3) is 0.250. The van der Waals surface area contributed by atoms with Gasteiger partial charge in [-0.2, -0.15) is 0 Å². The number of rotatable bonds is 3. The minimum Gasteiger partial charge on any atom is -0.481 e. The van der Waals surface area contributed by atoms with Crippen molar-refractivity contribution in [1.82, 2.24) is 9.88 Å². The quantitative estimate of drug-likeness (QED) is 0.859. The second-order valence-corrected chi connectivity index (χ2v) is 6.49. The molecule has 0 spiro atoms. The third kappa shape index (κ3) is 3.05. The van der Waals surface area contributed by atoms with E-state index in [1.54, 1.807) is 37.2 Å². The van der Waals surface area contributed by atoms with Crippen LogP contribution in [0.15, 0.2) is 42.6 Å². The lowest BCUT2D eigenvalue weighted by molar-refractivity contribution is 0.0760. The number of pyridine rings is 1. The molecule has 1 atom stereocenters. The van der Waals surface area contributed by atoms with Gasteiger partial charge in [0.2, 0.25) is 5.88 Å². The Bertz CT molecular complexity index is 661. The average Bonchev–Trinajstić information content (AvgIpc) is 3.04. The van der Waals surface area contributed by atoms with Gasteiger partial charge in [0.15, 0.2) is 0 Å². The molecule has 0 bridgehead atoms. The van der Waals surface area contributed by atoms with E-state index in [-0.39, 0.29) is 11.3 Å². The molecule has 1 aliphatic heterocycles. The number of carbonyl (C=O) groups excluding carboxylic acids is 1. The van der Waals surface area contributed by atoms with Crippen LogP contribution in [-0.4, -0.2) is 35.2 Å². The fourth-order valence-corrected chi connectivity index (χ4v) is 3.76. The first-order valence-corrected chi connectivity index (χ1v) is 8.30. The lowest BCUT2D eigenvalue weighted by Gasteiger charge is -2.24. The van der Waals surface area contributed by atoms with Crippen molar-refractivity contribution in [2.24, 2.45) is 0 Å². The number of hydrogen-bond acceptors (Lipinski definition) is 4. The van der Waals surface area contributed by atoms with E-state index in [9.17, 15) is 4.79 Å². The highest BCUT2D eigenvalue weighted by Crippen LogP contribution is 2.39. The summed E-state index contributed by atoms with van der Waals surface area (Å²) in [4.78, 5) is 18.7. The van der Waals surface area contributed by atoms with E-state index in [4.69, 9.17) is 16.3 Å². The molecule has 0 N–H and O–H groups in total. The molecule has 1 aromatic heterocycles. The summed E-state index contributed by atoms with van der Waals surface area (Å²) in [5, 5.41) is 0.718. The van der Waals surface area contributed by atoms with Crippen molar-refractivity contribution in [1.29, 1.82) is 0 Å². The molecule has 3 rings (SSSR count). The zero-order valence-corrected chi connectivity index (χ0v) is 13.6. The van der Waals surface area contributed by atoms with E-state index in [0.717, 1.165) is 17.9 Å². The minimum absolute atomic E-state index is 0.0138. The zero-order valence-electron chi connectivity index (χ0n) is 12.0. The van der Waals surface area contributed by atoms with Crippen LogP contribution >= 0.6 is 23.4 Å². The highest BCUT2D eigenvalue weighted by molar-refractivity contribution is 7.99. The Hall–Kier alpha value is -1.72. The largest absolute Gasteiger partial charge is 0.481 e. The SMILES string of the molecule is COc1ccc(C(=O)N2CCSC2c2ccc(Cl)cc2)cn1.